The number of nitrogens with two attached hydrogens (primary N) is 1. The van der Waals surface area contributed by atoms with E-state index in [1.807, 2.05) is 24.3 Å². The Bertz CT molecular complexity index is 621. The van der Waals surface area contributed by atoms with E-state index in [2.05, 4.69) is 10.2 Å². The van der Waals surface area contributed by atoms with Crippen LogP contribution in [0.25, 0.3) is 11.3 Å². The van der Waals surface area contributed by atoms with E-state index in [1.165, 1.54) is 0 Å². The Morgan fingerprint density at radius 3 is 2.78 bits per heavy atom. The number of carbonyl (C=O) groups excluding carboxylic acids is 1. The fraction of sp³-hybridized carbons (Fsp3) is 0.154. The largest absolute Gasteiger partial charge is 0.382 e. The quantitative estimate of drug-likeness (QED) is 0.814. The number of amides is 1. The Kier molecular flexibility index (Phi) is 2.26. The lowest BCUT2D eigenvalue weighted by Crippen LogP contribution is -2.20. The number of anilines is 2. The number of nitrogens with zero attached hydrogens (tertiary/aromatic N) is 3. The lowest BCUT2D eigenvalue weighted by molar-refractivity contribution is -0.117. The summed E-state index contributed by atoms with van der Waals surface area (Å²) in [5, 5.41) is 7.87. The van der Waals surface area contributed by atoms with Crippen molar-refractivity contribution < 1.29 is 4.79 Å². The highest BCUT2D eigenvalue weighted by atomic mass is 16.2. The zero-order valence-electron chi connectivity index (χ0n) is 9.92. The maximum absolute atomic E-state index is 11.6. The molecule has 1 aliphatic heterocycles. The second kappa shape index (κ2) is 3.80. The van der Waals surface area contributed by atoms with Gasteiger partial charge in [0.1, 0.15) is 5.82 Å². The van der Waals surface area contributed by atoms with Crippen LogP contribution in [0.4, 0.5) is 11.5 Å². The third kappa shape index (κ3) is 1.60. The van der Waals surface area contributed by atoms with E-state index in [1.54, 1.807) is 18.0 Å². The summed E-state index contributed by atoms with van der Waals surface area (Å²) in [6, 6.07) is 9.40. The number of benzene rings is 1. The van der Waals surface area contributed by atoms with E-state index in [0.29, 0.717) is 12.2 Å². The van der Waals surface area contributed by atoms with Crippen LogP contribution >= 0.6 is 0 Å². The monoisotopic (exact) mass is 240 g/mol. The van der Waals surface area contributed by atoms with Gasteiger partial charge >= 0.3 is 0 Å². The lowest BCUT2D eigenvalue weighted by atomic mass is 10.1. The van der Waals surface area contributed by atoms with E-state index in [4.69, 9.17) is 5.73 Å². The molecular formula is C13H12N4O. The maximum Gasteiger partial charge on any atom is 0.231 e. The first-order valence-electron chi connectivity index (χ1n) is 5.64. The molecule has 1 aromatic carbocycles. The summed E-state index contributed by atoms with van der Waals surface area (Å²) >= 11 is 0. The Morgan fingerprint density at radius 2 is 2.06 bits per heavy atom. The first-order valence-corrected chi connectivity index (χ1v) is 5.64. The van der Waals surface area contributed by atoms with Gasteiger partial charge in [-0.1, -0.05) is 6.07 Å². The molecule has 2 N–H and O–H groups in total. The molecule has 2 aromatic rings. The van der Waals surface area contributed by atoms with Gasteiger partial charge in [-0.2, -0.15) is 0 Å². The molecule has 0 aliphatic carbocycles. The first kappa shape index (κ1) is 10.7. The van der Waals surface area contributed by atoms with Crippen LogP contribution in [0.5, 0.6) is 0 Å². The fourth-order valence-corrected chi connectivity index (χ4v) is 2.13. The van der Waals surface area contributed by atoms with Crippen molar-refractivity contribution in [2.24, 2.45) is 0 Å². The summed E-state index contributed by atoms with van der Waals surface area (Å²) in [6.07, 6.45) is 0.447. The maximum atomic E-state index is 11.6. The molecule has 0 spiro atoms. The topological polar surface area (TPSA) is 72.1 Å². The normalized spacial score (nSPS) is 13.8. The Balaban J connectivity index is 2.04. The van der Waals surface area contributed by atoms with E-state index in [0.717, 1.165) is 22.5 Å². The number of fused-ring (bicyclic) bond motifs is 1. The number of carbonyl (C=O) groups is 1. The van der Waals surface area contributed by atoms with Crippen LogP contribution in [-0.4, -0.2) is 23.2 Å². The molecule has 1 aliphatic rings. The van der Waals surface area contributed by atoms with Gasteiger partial charge < -0.3 is 10.6 Å². The highest BCUT2D eigenvalue weighted by molar-refractivity contribution is 6.01. The molecule has 0 fully saturated rings. The summed E-state index contributed by atoms with van der Waals surface area (Å²) in [5.74, 6) is 0.514. The van der Waals surface area contributed by atoms with Crippen LogP contribution in [0.3, 0.4) is 0 Å². The average molecular weight is 240 g/mol. The van der Waals surface area contributed by atoms with Crippen molar-refractivity contribution in [2.45, 2.75) is 6.42 Å². The standard InChI is InChI=1S/C13H12N4O/c1-17-11-4-2-8(6-9(11)7-13(17)18)10-3-5-12(14)16-15-10/h2-6H,7H2,1H3,(H2,14,16). The predicted octanol–water partition coefficient (Wildman–Crippen LogP) is 1.24. The van der Waals surface area contributed by atoms with Crippen molar-refractivity contribution in [3.05, 3.63) is 35.9 Å². The Labute approximate surface area is 104 Å². The molecule has 1 aromatic heterocycles. The van der Waals surface area contributed by atoms with Crippen molar-refractivity contribution in [1.29, 1.82) is 0 Å². The highest BCUT2D eigenvalue weighted by Gasteiger charge is 2.24. The smallest absolute Gasteiger partial charge is 0.231 e. The molecule has 90 valence electrons. The molecule has 5 nitrogen and oxygen atoms in total. The molecule has 5 heteroatoms. The van der Waals surface area contributed by atoms with Crippen LogP contribution in [0.15, 0.2) is 30.3 Å². The third-order valence-corrected chi connectivity index (χ3v) is 3.14. The SMILES string of the molecule is CN1C(=O)Cc2cc(-c3ccc(N)nn3)ccc21. The van der Waals surface area contributed by atoms with Crippen molar-refractivity contribution in [1.82, 2.24) is 10.2 Å². The zero-order valence-corrected chi connectivity index (χ0v) is 9.92. The molecule has 0 atom stereocenters. The van der Waals surface area contributed by atoms with Gasteiger partial charge in [0.25, 0.3) is 0 Å². The lowest BCUT2D eigenvalue weighted by Gasteiger charge is -2.10. The van der Waals surface area contributed by atoms with E-state index in [-0.39, 0.29) is 5.91 Å². The molecule has 0 bridgehead atoms. The number of hydrogen-bond donors (Lipinski definition) is 1. The highest BCUT2D eigenvalue weighted by Crippen LogP contribution is 2.31. The molecule has 18 heavy (non-hydrogen) atoms. The van der Waals surface area contributed by atoms with E-state index < -0.39 is 0 Å². The number of nitrogen functional groups attached to an aromatic ring is 1. The fourth-order valence-electron chi connectivity index (χ4n) is 2.13. The summed E-state index contributed by atoms with van der Waals surface area (Å²) in [5.41, 5.74) is 9.20. The molecular weight excluding hydrogens is 228 g/mol. The predicted molar refractivity (Wildman–Crippen MR) is 69.0 cm³/mol. The van der Waals surface area contributed by atoms with Gasteiger partial charge in [0.2, 0.25) is 5.91 Å². The minimum absolute atomic E-state index is 0.116. The van der Waals surface area contributed by atoms with Crippen LogP contribution in [0.1, 0.15) is 5.56 Å². The van der Waals surface area contributed by atoms with E-state index >= 15 is 0 Å². The van der Waals surface area contributed by atoms with Crippen molar-refractivity contribution in [3.8, 4) is 11.3 Å². The molecule has 0 saturated heterocycles. The molecule has 3 rings (SSSR count). The summed E-state index contributed by atoms with van der Waals surface area (Å²) < 4.78 is 0. The van der Waals surface area contributed by atoms with Crippen LogP contribution in [0.2, 0.25) is 0 Å². The summed E-state index contributed by atoms with van der Waals surface area (Å²) in [4.78, 5) is 13.3. The molecule has 1 amide bonds. The van der Waals surface area contributed by atoms with Crippen molar-refractivity contribution >= 4 is 17.4 Å². The van der Waals surface area contributed by atoms with Gasteiger partial charge in [-0.05, 0) is 29.8 Å². The van der Waals surface area contributed by atoms with E-state index in [9.17, 15) is 4.79 Å². The molecule has 0 unspecified atom stereocenters. The summed E-state index contributed by atoms with van der Waals surface area (Å²) in [6.45, 7) is 0. The van der Waals surface area contributed by atoms with Gasteiger partial charge in [-0.25, -0.2) is 0 Å². The summed E-state index contributed by atoms with van der Waals surface area (Å²) in [7, 11) is 1.79. The second-order valence-corrected chi connectivity index (χ2v) is 4.32. The molecule has 0 saturated carbocycles. The van der Waals surface area contributed by atoms with Gasteiger partial charge in [0.05, 0.1) is 12.1 Å². The van der Waals surface area contributed by atoms with Crippen LogP contribution in [-0.2, 0) is 11.2 Å². The zero-order chi connectivity index (χ0) is 12.7. The minimum Gasteiger partial charge on any atom is -0.382 e. The van der Waals surface area contributed by atoms with Gasteiger partial charge in [0.15, 0.2) is 0 Å². The van der Waals surface area contributed by atoms with Crippen molar-refractivity contribution in [2.75, 3.05) is 17.7 Å². The number of aromatic nitrogens is 2. The Morgan fingerprint density at radius 1 is 1.22 bits per heavy atom. The van der Waals surface area contributed by atoms with Crippen LogP contribution in [0, 0.1) is 0 Å². The van der Waals surface area contributed by atoms with Gasteiger partial charge in [0, 0.05) is 18.3 Å². The van der Waals surface area contributed by atoms with Gasteiger partial charge in [-0.15, -0.1) is 10.2 Å². The molecule has 0 radical (unpaired) electrons. The third-order valence-electron chi connectivity index (χ3n) is 3.14. The number of likely N-dealkylation sites (N-methyl/N-ethyl adjacent to an activating group) is 1. The van der Waals surface area contributed by atoms with Crippen LogP contribution < -0.4 is 10.6 Å². The number of hydrogen-bond acceptors (Lipinski definition) is 4. The average Bonchev–Trinajstić information content (AvgIpc) is 2.65. The van der Waals surface area contributed by atoms with Crippen molar-refractivity contribution in [3.63, 3.8) is 0 Å². The second-order valence-electron chi connectivity index (χ2n) is 4.32. The molecule has 2 heterocycles. The first-order chi connectivity index (χ1) is 8.65. The Hall–Kier alpha value is -2.43. The minimum atomic E-state index is 0.116. The van der Waals surface area contributed by atoms with Gasteiger partial charge in [-0.3, -0.25) is 4.79 Å². The number of rotatable bonds is 1.